The molecule has 0 aliphatic heterocycles. The minimum Gasteiger partial charge on any atom is -0.435 e. The lowest BCUT2D eigenvalue weighted by Crippen LogP contribution is -2.32. The Bertz CT molecular complexity index is 421. The van der Waals surface area contributed by atoms with Gasteiger partial charge in [-0.25, -0.2) is 0 Å². The Hall–Kier alpha value is -1.69. The van der Waals surface area contributed by atoms with Crippen LogP contribution in [0.4, 0.5) is 8.78 Å². The number of hydrogen-bond donors (Lipinski definition) is 2. The van der Waals surface area contributed by atoms with Crippen LogP contribution < -0.4 is 10.1 Å². The van der Waals surface area contributed by atoms with Gasteiger partial charge in [0.1, 0.15) is 5.75 Å². The van der Waals surface area contributed by atoms with Gasteiger partial charge in [-0.15, -0.1) is 0 Å². The molecule has 112 valence electrons. The molecule has 6 heteroatoms. The first-order valence-corrected chi connectivity index (χ1v) is 6.39. The summed E-state index contributed by atoms with van der Waals surface area (Å²) >= 11 is 0. The second-order valence-electron chi connectivity index (χ2n) is 4.90. The number of aliphatic hydroxyl groups is 1. The van der Waals surface area contributed by atoms with Gasteiger partial charge in [0.15, 0.2) is 0 Å². The Morgan fingerprint density at radius 1 is 1.30 bits per heavy atom. The number of alkyl halides is 2. The minimum absolute atomic E-state index is 0.00334. The largest absolute Gasteiger partial charge is 0.435 e. The zero-order chi connectivity index (χ0) is 15.1. The molecule has 4 nitrogen and oxygen atoms in total. The maximum Gasteiger partial charge on any atom is 0.387 e. The molecule has 1 aromatic carbocycles. The van der Waals surface area contributed by atoms with Crippen molar-refractivity contribution in [3.8, 4) is 5.75 Å². The second kappa shape index (κ2) is 7.79. The van der Waals surface area contributed by atoms with Gasteiger partial charge >= 0.3 is 6.61 Å². The van der Waals surface area contributed by atoms with Crippen molar-refractivity contribution in [3.05, 3.63) is 29.8 Å². The van der Waals surface area contributed by atoms with Gasteiger partial charge in [-0.05, 0) is 36.6 Å². The maximum absolute atomic E-state index is 12.0. The van der Waals surface area contributed by atoms with Gasteiger partial charge in [0, 0.05) is 12.1 Å². The number of nitrogens with one attached hydrogen (secondary N) is 1. The van der Waals surface area contributed by atoms with E-state index in [2.05, 4.69) is 10.1 Å². The summed E-state index contributed by atoms with van der Waals surface area (Å²) < 4.78 is 28.1. The Balaban J connectivity index is 2.47. The van der Waals surface area contributed by atoms with E-state index in [4.69, 9.17) is 0 Å². The number of amides is 1. The van der Waals surface area contributed by atoms with Gasteiger partial charge in [-0.1, -0.05) is 13.8 Å². The summed E-state index contributed by atoms with van der Waals surface area (Å²) in [6.07, 6.45) is 0.00180. The van der Waals surface area contributed by atoms with Crippen molar-refractivity contribution in [1.29, 1.82) is 0 Å². The lowest BCUT2D eigenvalue weighted by Gasteiger charge is -2.14. The molecule has 1 unspecified atom stereocenters. The SMILES string of the molecule is CC(C)CC(O)CNC(=O)c1ccc(OC(F)F)cc1. The van der Waals surface area contributed by atoms with Crippen LogP contribution in [0.25, 0.3) is 0 Å². The van der Waals surface area contributed by atoms with E-state index in [-0.39, 0.29) is 18.2 Å². The van der Waals surface area contributed by atoms with E-state index in [0.717, 1.165) is 0 Å². The molecule has 0 saturated carbocycles. The summed E-state index contributed by atoms with van der Waals surface area (Å²) in [7, 11) is 0. The number of ether oxygens (including phenoxy) is 1. The Morgan fingerprint density at radius 2 is 1.90 bits per heavy atom. The van der Waals surface area contributed by atoms with Crippen molar-refractivity contribution in [3.63, 3.8) is 0 Å². The summed E-state index contributed by atoms with van der Waals surface area (Å²) in [6, 6.07) is 5.38. The monoisotopic (exact) mass is 287 g/mol. The molecule has 0 spiro atoms. The first-order valence-electron chi connectivity index (χ1n) is 6.39. The van der Waals surface area contributed by atoms with Gasteiger partial charge < -0.3 is 15.2 Å². The second-order valence-corrected chi connectivity index (χ2v) is 4.90. The van der Waals surface area contributed by atoms with Crippen LogP contribution in [-0.4, -0.2) is 30.3 Å². The lowest BCUT2D eigenvalue weighted by atomic mass is 10.1. The van der Waals surface area contributed by atoms with Crippen molar-refractivity contribution >= 4 is 5.91 Å². The third-order valence-corrected chi connectivity index (χ3v) is 2.58. The average Bonchev–Trinajstić information content (AvgIpc) is 2.35. The standard InChI is InChI=1S/C14H19F2NO3/c1-9(2)7-11(18)8-17-13(19)10-3-5-12(6-4-10)20-14(15)16/h3-6,9,11,14,18H,7-8H2,1-2H3,(H,17,19). The summed E-state index contributed by atoms with van der Waals surface area (Å²) in [5.74, 6) is -0.0273. The number of carbonyl (C=O) groups is 1. The zero-order valence-electron chi connectivity index (χ0n) is 11.5. The average molecular weight is 287 g/mol. The van der Waals surface area contributed by atoms with Crippen LogP contribution in [0, 0.1) is 5.92 Å². The van der Waals surface area contributed by atoms with Gasteiger partial charge in [0.2, 0.25) is 0 Å². The maximum atomic E-state index is 12.0. The molecule has 0 aliphatic carbocycles. The van der Waals surface area contributed by atoms with Crippen LogP contribution >= 0.6 is 0 Å². The molecule has 2 N–H and O–H groups in total. The third kappa shape index (κ3) is 5.97. The fourth-order valence-electron chi connectivity index (χ4n) is 1.73. The fourth-order valence-corrected chi connectivity index (χ4v) is 1.73. The van der Waals surface area contributed by atoms with E-state index in [0.29, 0.717) is 17.9 Å². The van der Waals surface area contributed by atoms with Gasteiger partial charge in [0.25, 0.3) is 5.91 Å². The number of rotatable bonds is 7. The van der Waals surface area contributed by atoms with Gasteiger partial charge in [0.05, 0.1) is 6.10 Å². The third-order valence-electron chi connectivity index (χ3n) is 2.58. The highest BCUT2D eigenvalue weighted by Crippen LogP contribution is 2.14. The first-order chi connectivity index (χ1) is 9.38. The van der Waals surface area contributed by atoms with Crippen molar-refractivity contribution in [2.75, 3.05) is 6.54 Å². The molecular formula is C14H19F2NO3. The van der Waals surface area contributed by atoms with E-state index < -0.39 is 12.7 Å². The highest BCUT2D eigenvalue weighted by atomic mass is 19.3. The fraction of sp³-hybridized carbons (Fsp3) is 0.500. The molecule has 1 amide bonds. The predicted octanol–water partition coefficient (Wildman–Crippen LogP) is 2.42. The summed E-state index contributed by atoms with van der Waals surface area (Å²) in [4.78, 5) is 11.8. The molecule has 0 saturated heterocycles. The van der Waals surface area contributed by atoms with E-state index in [1.54, 1.807) is 0 Å². The number of carbonyl (C=O) groups excluding carboxylic acids is 1. The number of benzene rings is 1. The van der Waals surface area contributed by atoms with Crippen molar-refractivity contribution < 1.29 is 23.4 Å². The van der Waals surface area contributed by atoms with Crippen LogP contribution in [0.2, 0.25) is 0 Å². The molecule has 0 radical (unpaired) electrons. The number of hydrogen-bond acceptors (Lipinski definition) is 3. The van der Waals surface area contributed by atoms with Crippen molar-refractivity contribution in [2.24, 2.45) is 5.92 Å². The van der Waals surface area contributed by atoms with Crippen LogP contribution in [-0.2, 0) is 0 Å². The zero-order valence-corrected chi connectivity index (χ0v) is 11.5. The molecule has 1 aromatic rings. The summed E-state index contributed by atoms with van der Waals surface area (Å²) in [5, 5.41) is 12.2. The van der Waals surface area contributed by atoms with Gasteiger partial charge in [-0.3, -0.25) is 4.79 Å². The quantitative estimate of drug-likeness (QED) is 0.809. The Kier molecular flexibility index (Phi) is 6.38. The molecular weight excluding hydrogens is 268 g/mol. The van der Waals surface area contributed by atoms with E-state index in [9.17, 15) is 18.7 Å². The van der Waals surface area contributed by atoms with Crippen LogP contribution in [0.3, 0.4) is 0 Å². The summed E-state index contributed by atoms with van der Waals surface area (Å²) in [6.45, 7) is 1.23. The first kappa shape index (κ1) is 16.4. The van der Waals surface area contributed by atoms with Crippen LogP contribution in [0.1, 0.15) is 30.6 Å². The van der Waals surface area contributed by atoms with Crippen molar-refractivity contribution in [1.82, 2.24) is 5.32 Å². The highest BCUT2D eigenvalue weighted by Gasteiger charge is 2.11. The normalized spacial score (nSPS) is 12.6. The summed E-state index contributed by atoms with van der Waals surface area (Å²) in [5.41, 5.74) is 0.323. The Labute approximate surface area is 116 Å². The molecule has 20 heavy (non-hydrogen) atoms. The Morgan fingerprint density at radius 3 is 2.40 bits per heavy atom. The molecule has 0 aliphatic rings. The molecule has 0 fully saturated rings. The topological polar surface area (TPSA) is 58.6 Å². The minimum atomic E-state index is -2.89. The predicted molar refractivity (Wildman–Crippen MR) is 70.9 cm³/mol. The van der Waals surface area contributed by atoms with Crippen LogP contribution in [0.5, 0.6) is 5.75 Å². The van der Waals surface area contributed by atoms with E-state index >= 15 is 0 Å². The van der Waals surface area contributed by atoms with E-state index in [1.165, 1.54) is 24.3 Å². The highest BCUT2D eigenvalue weighted by molar-refractivity contribution is 5.94. The number of aliphatic hydroxyl groups excluding tert-OH is 1. The van der Waals surface area contributed by atoms with Crippen LogP contribution in [0.15, 0.2) is 24.3 Å². The number of halogens is 2. The molecule has 0 aromatic heterocycles. The lowest BCUT2D eigenvalue weighted by molar-refractivity contribution is -0.0498. The molecule has 1 rings (SSSR count). The van der Waals surface area contributed by atoms with Crippen molar-refractivity contribution in [2.45, 2.75) is 33.0 Å². The molecule has 1 atom stereocenters. The molecule has 0 bridgehead atoms. The van der Waals surface area contributed by atoms with E-state index in [1.807, 2.05) is 13.8 Å². The van der Waals surface area contributed by atoms with Gasteiger partial charge in [-0.2, -0.15) is 8.78 Å². The molecule has 0 heterocycles. The smallest absolute Gasteiger partial charge is 0.387 e.